The first kappa shape index (κ1) is 10.5. The summed E-state index contributed by atoms with van der Waals surface area (Å²) in [7, 11) is 0. The Labute approximate surface area is 94.1 Å². The van der Waals surface area contributed by atoms with Gasteiger partial charge in [-0.3, -0.25) is 0 Å². The number of hydrogen-bond acceptors (Lipinski definition) is 3. The number of hydrogen-bond donors (Lipinski definition) is 1. The van der Waals surface area contributed by atoms with Gasteiger partial charge in [0.05, 0.1) is 11.7 Å². The molecule has 0 amide bonds. The van der Waals surface area contributed by atoms with Gasteiger partial charge in [-0.2, -0.15) is 0 Å². The summed E-state index contributed by atoms with van der Waals surface area (Å²) in [5.74, 6) is 0.739. The van der Waals surface area contributed by atoms with E-state index in [-0.39, 0.29) is 5.54 Å². The van der Waals surface area contributed by atoms with E-state index in [4.69, 9.17) is 16.3 Å². The molecule has 1 atom stereocenters. The lowest BCUT2D eigenvalue weighted by Gasteiger charge is -2.22. The van der Waals surface area contributed by atoms with Crippen molar-refractivity contribution in [2.45, 2.75) is 12.5 Å². The first-order valence-corrected chi connectivity index (χ1v) is 5.23. The largest absolute Gasteiger partial charge is 0.490 e. The predicted molar refractivity (Wildman–Crippen MR) is 60.3 cm³/mol. The summed E-state index contributed by atoms with van der Waals surface area (Å²) < 4.78 is 5.61. The minimum Gasteiger partial charge on any atom is -0.490 e. The van der Waals surface area contributed by atoms with Crippen LogP contribution in [0.25, 0.3) is 0 Å². The molecule has 80 valence electrons. The first-order valence-electron chi connectivity index (χ1n) is 4.85. The Morgan fingerprint density at radius 2 is 2.47 bits per heavy atom. The lowest BCUT2D eigenvalue weighted by Crippen LogP contribution is -2.42. The molecular weight excluding hydrogens is 212 g/mol. The second-order valence-electron chi connectivity index (χ2n) is 3.81. The molecule has 0 saturated heterocycles. The van der Waals surface area contributed by atoms with Crippen LogP contribution in [0.15, 0.2) is 30.5 Å². The summed E-state index contributed by atoms with van der Waals surface area (Å²) in [5, 5.41) is 3.81. The summed E-state index contributed by atoms with van der Waals surface area (Å²) in [6.45, 7) is 3.59. The van der Waals surface area contributed by atoms with E-state index in [1.165, 1.54) is 0 Å². The zero-order chi connectivity index (χ0) is 10.7. The highest BCUT2D eigenvalue weighted by Crippen LogP contribution is 2.16. The third kappa shape index (κ3) is 2.70. The van der Waals surface area contributed by atoms with Gasteiger partial charge in [0, 0.05) is 6.54 Å². The zero-order valence-corrected chi connectivity index (χ0v) is 9.29. The molecule has 1 aliphatic rings. The molecule has 4 heteroatoms. The summed E-state index contributed by atoms with van der Waals surface area (Å²) in [6.07, 6.45) is 5.85. The van der Waals surface area contributed by atoms with Gasteiger partial charge in [0.25, 0.3) is 0 Å². The fraction of sp³-hybridized carbons (Fsp3) is 0.364. The Hall–Kier alpha value is -1.06. The lowest BCUT2D eigenvalue weighted by molar-refractivity contribution is 0.239. The molecule has 1 aliphatic heterocycles. The molecular formula is C11H13ClN2O. The molecule has 2 rings (SSSR count). The quantitative estimate of drug-likeness (QED) is 0.630. The average molecular weight is 225 g/mol. The van der Waals surface area contributed by atoms with Crippen LogP contribution in [0.5, 0.6) is 5.75 Å². The second-order valence-corrected chi connectivity index (χ2v) is 4.19. The Kier molecular flexibility index (Phi) is 2.93. The van der Waals surface area contributed by atoms with E-state index in [0.717, 1.165) is 12.3 Å². The van der Waals surface area contributed by atoms with Crippen LogP contribution >= 0.6 is 11.6 Å². The second kappa shape index (κ2) is 4.21. The van der Waals surface area contributed by atoms with Crippen LogP contribution in [-0.4, -0.2) is 23.7 Å². The molecule has 2 heterocycles. The molecule has 1 N–H and O–H groups in total. The Morgan fingerprint density at radius 1 is 1.60 bits per heavy atom. The third-order valence-corrected chi connectivity index (χ3v) is 2.57. The molecule has 0 unspecified atom stereocenters. The molecule has 0 spiro atoms. The molecule has 0 radical (unpaired) electrons. The monoisotopic (exact) mass is 224 g/mol. The molecule has 0 aromatic carbocycles. The summed E-state index contributed by atoms with van der Waals surface area (Å²) in [4.78, 5) is 3.95. The smallest absolute Gasteiger partial charge is 0.137 e. The number of ether oxygens (including phenoxy) is 1. The minimum atomic E-state index is -0.0698. The van der Waals surface area contributed by atoms with Crippen molar-refractivity contribution in [3.8, 4) is 5.75 Å². The maximum absolute atomic E-state index is 5.68. The number of nitrogens with zero attached hydrogens (tertiary/aromatic N) is 1. The molecule has 1 aromatic heterocycles. The van der Waals surface area contributed by atoms with Crippen LogP contribution in [0.2, 0.25) is 5.15 Å². The van der Waals surface area contributed by atoms with E-state index in [0.29, 0.717) is 11.8 Å². The van der Waals surface area contributed by atoms with Gasteiger partial charge in [-0.05, 0) is 19.1 Å². The van der Waals surface area contributed by atoms with Gasteiger partial charge in [-0.1, -0.05) is 23.8 Å². The minimum absolute atomic E-state index is 0.0698. The van der Waals surface area contributed by atoms with Crippen molar-refractivity contribution in [2.75, 3.05) is 13.2 Å². The number of halogens is 1. The van der Waals surface area contributed by atoms with Gasteiger partial charge >= 0.3 is 0 Å². The fourth-order valence-electron chi connectivity index (χ4n) is 1.45. The van der Waals surface area contributed by atoms with Gasteiger partial charge < -0.3 is 10.1 Å². The molecule has 1 aromatic rings. The van der Waals surface area contributed by atoms with E-state index in [2.05, 4.69) is 29.4 Å². The van der Waals surface area contributed by atoms with Crippen molar-refractivity contribution in [2.24, 2.45) is 0 Å². The van der Waals surface area contributed by atoms with E-state index >= 15 is 0 Å². The van der Waals surface area contributed by atoms with Crippen LogP contribution in [0.1, 0.15) is 6.92 Å². The average Bonchev–Trinajstić information content (AvgIpc) is 2.65. The number of nitrogens with one attached hydrogen (secondary N) is 1. The third-order valence-electron chi connectivity index (χ3n) is 2.35. The molecule has 0 aliphatic carbocycles. The van der Waals surface area contributed by atoms with Gasteiger partial charge in [0.1, 0.15) is 17.5 Å². The van der Waals surface area contributed by atoms with Crippen molar-refractivity contribution < 1.29 is 4.74 Å². The number of aromatic nitrogens is 1. The van der Waals surface area contributed by atoms with Gasteiger partial charge in [-0.15, -0.1) is 0 Å². The summed E-state index contributed by atoms with van der Waals surface area (Å²) in [6, 6.07) is 3.54. The number of pyridine rings is 1. The van der Waals surface area contributed by atoms with Crippen LogP contribution in [0.4, 0.5) is 0 Å². The molecule has 0 bridgehead atoms. The molecule has 0 fully saturated rings. The Morgan fingerprint density at radius 3 is 3.07 bits per heavy atom. The zero-order valence-electron chi connectivity index (χ0n) is 8.53. The van der Waals surface area contributed by atoms with E-state index in [9.17, 15) is 0 Å². The Balaban J connectivity index is 1.93. The maximum Gasteiger partial charge on any atom is 0.137 e. The first-order chi connectivity index (χ1) is 7.18. The number of rotatable bonds is 3. The topological polar surface area (TPSA) is 34.1 Å². The van der Waals surface area contributed by atoms with Crippen LogP contribution < -0.4 is 10.1 Å². The van der Waals surface area contributed by atoms with Crippen molar-refractivity contribution >= 4 is 11.6 Å². The molecule has 15 heavy (non-hydrogen) atoms. The van der Waals surface area contributed by atoms with Crippen LogP contribution in [-0.2, 0) is 0 Å². The van der Waals surface area contributed by atoms with Crippen molar-refractivity contribution in [1.82, 2.24) is 10.3 Å². The maximum atomic E-state index is 5.68. The van der Waals surface area contributed by atoms with Crippen LogP contribution in [0, 0.1) is 0 Å². The predicted octanol–water partition coefficient (Wildman–Crippen LogP) is 2.03. The highest BCUT2D eigenvalue weighted by atomic mass is 35.5. The van der Waals surface area contributed by atoms with Gasteiger partial charge in [-0.25, -0.2) is 4.98 Å². The lowest BCUT2D eigenvalue weighted by atomic mass is 10.1. The highest BCUT2D eigenvalue weighted by Gasteiger charge is 2.23. The normalized spacial score (nSPS) is 24.4. The van der Waals surface area contributed by atoms with Gasteiger partial charge in [0.15, 0.2) is 0 Å². The van der Waals surface area contributed by atoms with Crippen molar-refractivity contribution in [1.29, 1.82) is 0 Å². The van der Waals surface area contributed by atoms with E-state index in [1.54, 1.807) is 12.3 Å². The molecule has 0 saturated carbocycles. The molecule has 3 nitrogen and oxygen atoms in total. The van der Waals surface area contributed by atoms with Crippen molar-refractivity contribution in [3.63, 3.8) is 0 Å². The highest BCUT2D eigenvalue weighted by molar-refractivity contribution is 6.29. The fourth-order valence-corrected chi connectivity index (χ4v) is 1.56. The van der Waals surface area contributed by atoms with Gasteiger partial charge in [0.2, 0.25) is 0 Å². The van der Waals surface area contributed by atoms with Crippen LogP contribution in [0.3, 0.4) is 0 Å². The van der Waals surface area contributed by atoms with E-state index < -0.39 is 0 Å². The van der Waals surface area contributed by atoms with E-state index in [1.807, 2.05) is 6.07 Å². The summed E-state index contributed by atoms with van der Waals surface area (Å²) in [5.41, 5.74) is -0.0698. The standard InChI is InChI=1S/C11H13ClN2O/c1-11(5-2-6-14-11)8-15-9-3-4-10(12)13-7-9/h2-5,7,14H,6,8H2,1H3/t11-/m0/s1. The summed E-state index contributed by atoms with van der Waals surface area (Å²) >= 11 is 5.68. The SMILES string of the molecule is C[C@@]1(COc2ccc(Cl)nc2)C=CCN1. The van der Waals surface area contributed by atoms with Crippen molar-refractivity contribution in [3.05, 3.63) is 35.6 Å². The Bertz CT molecular complexity index is 363.